The summed E-state index contributed by atoms with van der Waals surface area (Å²) in [6.07, 6.45) is 0. The standard InChI is InChI=1S/C14H21NO2/c1-11(2)8-15(10-14(16)17)9-13-6-4-5-12(3)7-13/h4-7,11H,8-10H2,1-3H3,(H,16,17). The zero-order chi connectivity index (χ0) is 12.8. The summed E-state index contributed by atoms with van der Waals surface area (Å²) in [7, 11) is 0. The van der Waals surface area contributed by atoms with Gasteiger partial charge in [-0.05, 0) is 18.4 Å². The van der Waals surface area contributed by atoms with Crippen LogP contribution in [0.15, 0.2) is 24.3 Å². The van der Waals surface area contributed by atoms with Crippen LogP contribution in [0.25, 0.3) is 0 Å². The smallest absolute Gasteiger partial charge is 0.317 e. The molecule has 0 aromatic heterocycles. The molecule has 94 valence electrons. The monoisotopic (exact) mass is 235 g/mol. The van der Waals surface area contributed by atoms with Crippen molar-refractivity contribution in [2.75, 3.05) is 13.1 Å². The number of nitrogens with zero attached hydrogens (tertiary/aromatic N) is 1. The lowest BCUT2D eigenvalue weighted by molar-refractivity contribution is -0.138. The highest BCUT2D eigenvalue weighted by molar-refractivity contribution is 5.69. The van der Waals surface area contributed by atoms with Gasteiger partial charge in [-0.15, -0.1) is 0 Å². The first-order valence-corrected chi connectivity index (χ1v) is 5.97. The Bertz CT molecular complexity index is 374. The van der Waals surface area contributed by atoms with Gasteiger partial charge in [-0.25, -0.2) is 0 Å². The molecule has 0 aliphatic rings. The number of aryl methyl sites for hydroxylation is 1. The summed E-state index contributed by atoms with van der Waals surface area (Å²) in [5, 5.41) is 8.89. The molecule has 0 saturated carbocycles. The molecule has 0 fully saturated rings. The normalized spacial score (nSPS) is 11.1. The molecule has 1 rings (SSSR count). The van der Waals surface area contributed by atoms with E-state index in [9.17, 15) is 4.79 Å². The second kappa shape index (κ2) is 6.40. The minimum Gasteiger partial charge on any atom is -0.480 e. The third kappa shape index (κ3) is 5.50. The molecule has 0 atom stereocenters. The quantitative estimate of drug-likeness (QED) is 0.823. The molecular weight excluding hydrogens is 214 g/mol. The first-order valence-electron chi connectivity index (χ1n) is 5.97. The summed E-state index contributed by atoms with van der Waals surface area (Å²) < 4.78 is 0. The molecule has 0 spiro atoms. The van der Waals surface area contributed by atoms with Crippen molar-refractivity contribution in [1.82, 2.24) is 4.90 Å². The highest BCUT2D eigenvalue weighted by Gasteiger charge is 2.11. The van der Waals surface area contributed by atoms with Gasteiger partial charge in [0.25, 0.3) is 0 Å². The Hall–Kier alpha value is -1.35. The lowest BCUT2D eigenvalue weighted by atomic mass is 10.1. The van der Waals surface area contributed by atoms with E-state index in [0.717, 1.165) is 6.54 Å². The van der Waals surface area contributed by atoms with E-state index in [1.807, 2.05) is 30.0 Å². The summed E-state index contributed by atoms with van der Waals surface area (Å²) in [6.45, 7) is 7.86. The molecule has 0 unspecified atom stereocenters. The average molecular weight is 235 g/mol. The lowest BCUT2D eigenvalue weighted by Crippen LogP contribution is -2.32. The molecule has 0 amide bonds. The lowest BCUT2D eigenvalue weighted by Gasteiger charge is -2.22. The Morgan fingerprint density at radius 3 is 2.65 bits per heavy atom. The fraction of sp³-hybridized carbons (Fsp3) is 0.500. The van der Waals surface area contributed by atoms with Crippen LogP contribution >= 0.6 is 0 Å². The summed E-state index contributed by atoms with van der Waals surface area (Å²) in [5.74, 6) is -0.294. The first-order chi connectivity index (χ1) is 7.97. The van der Waals surface area contributed by atoms with Crippen LogP contribution in [-0.2, 0) is 11.3 Å². The Morgan fingerprint density at radius 1 is 1.41 bits per heavy atom. The predicted molar refractivity (Wildman–Crippen MR) is 68.9 cm³/mol. The van der Waals surface area contributed by atoms with Gasteiger partial charge >= 0.3 is 5.97 Å². The van der Waals surface area contributed by atoms with E-state index < -0.39 is 5.97 Å². The molecular formula is C14H21NO2. The maximum atomic E-state index is 10.8. The van der Waals surface area contributed by atoms with Crippen LogP contribution in [0.4, 0.5) is 0 Å². The van der Waals surface area contributed by atoms with Crippen LogP contribution in [0.3, 0.4) is 0 Å². The molecule has 0 aliphatic carbocycles. The number of hydrogen-bond acceptors (Lipinski definition) is 2. The van der Waals surface area contributed by atoms with Crippen LogP contribution in [-0.4, -0.2) is 29.1 Å². The number of rotatable bonds is 6. The van der Waals surface area contributed by atoms with Gasteiger partial charge in [0.1, 0.15) is 0 Å². The summed E-state index contributed by atoms with van der Waals surface area (Å²) in [6, 6.07) is 8.21. The molecule has 17 heavy (non-hydrogen) atoms. The minimum atomic E-state index is -0.765. The molecule has 3 nitrogen and oxygen atoms in total. The van der Waals surface area contributed by atoms with E-state index in [4.69, 9.17) is 5.11 Å². The summed E-state index contributed by atoms with van der Waals surface area (Å²) in [4.78, 5) is 12.8. The SMILES string of the molecule is Cc1cccc(CN(CC(=O)O)CC(C)C)c1. The molecule has 0 bridgehead atoms. The average Bonchev–Trinajstić information content (AvgIpc) is 2.14. The van der Waals surface area contributed by atoms with Gasteiger partial charge < -0.3 is 5.11 Å². The number of carboxylic acid groups (broad SMARTS) is 1. The summed E-state index contributed by atoms with van der Waals surface area (Å²) >= 11 is 0. The molecule has 0 heterocycles. The largest absolute Gasteiger partial charge is 0.480 e. The van der Waals surface area contributed by atoms with Gasteiger partial charge in [0.15, 0.2) is 0 Å². The van der Waals surface area contributed by atoms with Crippen LogP contribution in [0, 0.1) is 12.8 Å². The Balaban J connectivity index is 2.67. The number of benzene rings is 1. The van der Waals surface area contributed by atoms with Gasteiger partial charge in [0, 0.05) is 13.1 Å². The Morgan fingerprint density at radius 2 is 2.12 bits per heavy atom. The van der Waals surface area contributed by atoms with Crippen molar-refractivity contribution < 1.29 is 9.90 Å². The van der Waals surface area contributed by atoms with Gasteiger partial charge in [-0.2, -0.15) is 0 Å². The van der Waals surface area contributed by atoms with E-state index in [0.29, 0.717) is 12.5 Å². The minimum absolute atomic E-state index is 0.103. The molecule has 0 aliphatic heterocycles. The van der Waals surface area contributed by atoms with E-state index in [-0.39, 0.29) is 6.54 Å². The van der Waals surface area contributed by atoms with Crippen molar-refractivity contribution in [1.29, 1.82) is 0 Å². The van der Waals surface area contributed by atoms with E-state index in [1.54, 1.807) is 0 Å². The highest BCUT2D eigenvalue weighted by atomic mass is 16.4. The highest BCUT2D eigenvalue weighted by Crippen LogP contribution is 2.09. The van der Waals surface area contributed by atoms with Gasteiger partial charge in [-0.3, -0.25) is 9.69 Å². The van der Waals surface area contributed by atoms with Gasteiger partial charge in [0.05, 0.1) is 6.54 Å². The maximum Gasteiger partial charge on any atom is 0.317 e. The zero-order valence-corrected chi connectivity index (χ0v) is 10.8. The van der Waals surface area contributed by atoms with E-state index in [2.05, 4.69) is 19.9 Å². The summed E-state index contributed by atoms with van der Waals surface area (Å²) in [5.41, 5.74) is 2.38. The number of hydrogen-bond donors (Lipinski definition) is 1. The van der Waals surface area contributed by atoms with Crippen molar-refractivity contribution >= 4 is 5.97 Å². The third-order valence-corrected chi connectivity index (χ3v) is 2.47. The Labute approximate surface area is 103 Å². The van der Waals surface area contributed by atoms with Gasteiger partial charge in [0.2, 0.25) is 0 Å². The number of aliphatic carboxylic acids is 1. The fourth-order valence-electron chi connectivity index (χ4n) is 1.96. The van der Waals surface area contributed by atoms with Crippen molar-refractivity contribution in [3.05, 3.63) is 35.4 Å². The van der Waals surface area contributed by atoms with E-state index >= 15 is 0 Å². The van der Waals surface area contributed by atoms with Crippen molar-refractivity contribution in [2.24, 2.45) is 5.92 Å². The topological polar surface area (TPSA) is 40.5 Å². The van der Waals surface area contributed by atoms with Crippen molar-refractivity contribution in [2.45, 2.75) is 27.3 Å². The Kier molecular flexibility index (Phi) is 5.16. The fourth-order valence-corrected chi connectivity index (χ4v) is 1.96. The molecule has 0 saturated heterocycles. The van der Waals surface area contributed by atoms with Crippen molar-refractivity contribution in [3.8, 4) is 0 Å². The predicted octanol–water partition coefficient (Wildman–Crippen LogP) is 2.54. The first kappa shape index (κ1) is 13.7. The van der Waals surface area contributed by atoms with Crippen LogP contribution in [0.2, 0.25) is 0 Å². The number of carboxylic acids is 1. The van der Waals surface area contributed by atoms with Crippen LogP contribution < -0.4 is 0 Å². The van der Waals surface area contributed by atoms with Gasteiger partial charge in [-0.1, -0.05) is 43.7 Å². The zero-order valence-electron chi connectivity index (χ0n) is 10.8. The molecule has 1 aromatic rings. The number of carbonyl (C=O) groups is 1. The van der Waals surface area contributed by atoms with E-state index in [1.165, 1.54) is 11.1 Å². The maximum absolute atomic E-state index is 10.8. The molecule has 1 N–H and O–H groups in total. The molecule has 3 heteroatoms. The second-order valence-electron chi connectivity index (χ2n) is 4.95. The third-order valence-electron chi connectivity index (χ3n) is 2.47. The second-order valence-corrected chi connectivity index (χ2v) is 4.95. The van der Waals surface area contributed by atoms with Crippen LogP contribution in [0.5, 0.6) is 0 Å². The van der Waals surface area contributed by atoms with Crippen molar-refractivity contribution in [3.63, 3.8) is 0 Å². The van der Waals surface area contributed by atoms with Crippen LogP contribution in [0.1, 0.15) is 25.0 Å². The molecule has 0 radical (unpaired) electrons. The molecule has 1 aromatic carbocycles.